The zero-order chi connectivity index (χ0) is 20.3. The first-order valence-corrected chi connectivity index (χ1v) is 10.1. The highest BCUT2D eigenvalue weighted by atomic mass is 32.2. The predicted octanol–water partition coefficient (Wildman–Crippen LogP) is 4.31. The molecular weight excluding hydrogens is 413 g/mol. The maximum atomic E-state index is 12.7. The Hall–Kier alpha value is -2.33. The summed E-state index contributed by atoms with van der Waals surface area (Å²) in [6.07, 6.45) is -3.11. The fraction of sp³-hybridized carbons (Fsp3) is 0.278. The van der Waals surface area contributed by atoms with Gasteiger partial charge in [-0.1, -0.05) is 23.9 Å². The summed E-state index contributed by atoms with van der Waals surface area (Å²) in [7, 11) is 0. The van der Waals surface area contributed by atoms with Crippen LogP contribution in [0.1, 0.15) is 18.2 Å². The van der Waals surface area contributed by atoms with E-state index < -0.39 is 17.7 Å². The molecule has 148 valence electrons. The zero-order valence-electron chi connectivity index (χ0n) is 14.7. The number of esters is 1. The minimum absolute atomic E-state index is 0.148. The van der Waals surface area contributed by atoms with Crippen molar-refractivity contribution in [3.63, 3.8) is 0 Å². The third kappa shape index (κ3) is 4.74. The van der Waals surface area contributed by atoms with Gasteiger partial charge in [-0.15, -0.1) is 11.3 Å². The molecular formula is C18H15F3N2O3S2. The molecule has 1 fully saturated rings. The molecule has 1 amide bonds. The third-order valence-electron chi connectivity index (χ3n) is 3.77. The van der Waals surface area contributed by atoms with Crippen LogP contribution in [0.15, 0.2) is 40.8 Å². The van der Waals surface area contributed by atoms with Gasteiger partial charge in [-0.05, 0) is 19.1 Å². The Labute approximate surface area is 167 Å². The summed E-state index contributed by atoms with van der Waals surface area (Å²) >= 11 is 2.52. The fourth-order valence-corrected chi connectivity index (χ4v) is 4.21. The number of thioether (sulfide) groups is 1. The number of ether oxygens (including phenoxy) is 1. The molecule has 1 aliphatic rings. The highest BCUT2D eigenvalue weighted by molar-refractivity contribution is 8.04. The number of carbonyl (C=O) groups excluding carboxylic acids is 2. The maximum Gasteiger partial charge on any atom is 0.416 e. The van der Waals surface area contributed by atoms with Gasteiger partial charge in [0, 0.05) is 10.9 Å². The summed E-state index contributed by atoms with van der Waals surface area (Å²) in [6.45, 7) is 2.11. The second-order valence-corrected chi connectivity index (χ2v) is 7.58. The van der Waals surface area contributed by atoms with Gasteiger partial charge in [0.25, 0.3) is 0 Å². The largest absolute Gasteiger partial charge is 0.463 e. The van der Waals surface area contributed by atoms with Crippen LogP contribution in [0.4, 0.5) is 13.2 Å². The summed E-state index contributed by atoms with van der Waals surface area (Å²) in [4.78, 5) is 29.6. The minimum Gasteiger partial charge on any atom is -0.463 e. The number of alkyl halides is 3. The van der Waals surface area contributed by atoms with Crippen molar-refractivity contribution in [2.75, 3.05) is 12.4 Å². The van der Waals surface area contributed by atoms with Crippen molar-refractivity contribution >= 4 is 35.0 Å². The Balaban J connectivity index is 1.75. The number of hydrogen-bond acceptors (Lipinski definition) is 6. The molecule has 0 atom stereocenters. The number of hydrogen-bond donors (Lipinski definition) is 0. The van der Waals surface area contributed by atoms with E-state index in [1.165, 1.54) is 46.2 Å². The van der Waals surface area contributed by atoms with Gasteiger partial charge in [0.2, 0.25) is 5.91 Å². The maximum absolute atomic E-state index is 12.7. The van der Waals surface area contributed by atoms with Crippen molar-refractivity contribution in [1.29, 1.82) is 0 Å². The second-order valence-electron chi connectivity index (χ2n) is 5.72. The van der Waals surface area contributed by atoms with E-state index in [1.54, 1.807) is 12.3 Å². The van der Waals surface area contributed by atoms with Crippen LogP contribution in [0.5, 0.6) is 0 Å². The Morgan fingerprint density at radius 3 is 2.68 bits per heavy atom. The molecule has 2 aromatic rings. The Morgan fingerprint density at radius 1 is 1.32 bits per heavy atom. The van der Waals surface area contributed by atoms with Gasteiger partial charge in [-0.25, -0.2) is 9.78 Å². The van der Waals surface area contributed by atoms with E-state index in [-0.39, 0.29) is 24.8 Å². The van der Waals surface area contributed by atoms with Crippen molar-refractivity contribution < 1.29 is 27.5 Å². The monoisotopic (exact) mass is 428 g/mol. The van der Waals surface area contributed by atoms with Crippen LogP contribution in [-0.4, -0.2) is 34.1 Å². The minimum atomic E-state index is -4.39. The van der Waals surface area contributed by atoms with Crippen LogP contribution in [0.3, 0.4) is 0 Å². The first-order chi connectivity index (χ1) is 13.3. The molecule has 10 heteroatoms. The summed E-state index contributed by atoms with van der Waals surface area (Å²) in [5.74, 6) is -0.445. The predicted molar refractivity (Wildman–Crippen MR) is 100 cm³/mol. The van der Waals surface area contributed by atoms with Crippen molar-refractivity contribution in [2.24, 2.45) is 0 Å². The lowest BCUT2D eigenvalue weighted by Gasteiger charge is -2.15. The molecule has 1 aromatic carbocycles. The summed E-state index contributed by atoms with van der Waals surface area (Å²) < 4.78 is 42.9. The molecule has 1 aromatic heterocycles. The summed E-state index contributed by atoms with van der Waals surface area (Å²) in [5.41, 5.74) is 0.431. The van der Waals surface area contributed by atoms with Crippen LogP contribution in [0.25, 0.3) is 10.6 Å². The normalized spacial score (nSPS) is 16.1. The zero-order valence-corrected chi connectivity index (χ0v) is 16.3. The Kier molecular flexibility index (Phi) is 6.09. The molecule has 5 nitrogen and oxygen atoms in total. The Bertz CT molecular complexity index is 908. The Morgan fingerprint density at radius 2 is 2.04 bits per heavy atom. The summed E-state index contributed by atoms with van der Waals surface area (Å²) in [6, 6.07) is 4.76. The number of benzene rings is 1. The molecule has 2 heterocycles. The van der Waals surface area contributed by atoms with Gasteiger partial charge in [-0.3, -0.25) is 9.69 Å². The standard InChI is InChI=1S/C18H15F3N2O3S2/c1-2-26-16(25)7-15-23(14(24)10-27-15)8-13-9-28-17(22-13)11-3-5-12(6-4-11)18(19,20)21/h3-7,9H,2,8,10H2,1H3/b15-7+. The van der Waals surface area contributed by atoms with Crippen LogP contribution in [0, 0.1) is 0 Å². The molecule has 0 aliphatic carbocycles. The van der Waals surface area contributed by atoms with E-state index >= 15 is 0 Å². The average Bonchev–Trinajstić information content (AvgIpc) is 3.24. The first-order valence-electron chi connectivity index (χ1n) is 8.21. The van der Waals surface area contributed by atoms with Gasteiger partial charge in [0.15, 0.2) is 0 Å². The van der Waals surface area contributed by atoms with Gasteiger partial charge >= 0.3 is 12.1 Å². The number of halogens is 3. The van der Waals surface area contributed by atoms with Crippen molar-refractivity contribution in [2.45, 2.75) is 19.6 Å². The molecule has 0 radical (unpaired) electrons. The van der Waals surface area contributed by atoms with Gasteiger partial charge in [-0.2, -0.15) is 13.2 Å². The smallest absolute Gasteiger partial charge is 0.416 e. The molecule has 0 spiro atoms. The first kappa shape index (κ1) is 20.4. The number of carbonyl (C=O) groups is 2. The quantitative estimate of drug-likeness (QED) is 0.525. The lowest BCUT2D eigenvalue weighted by molar-refractivity contribution is -0.138. The highest BCUT2D eigenvalue weighted by Gasteiger charge is 2.30. The fourth-order valence-electron chi connectivity index (χ4n) is 2.46. The molecule has 1 saturated heterocycles. The van der Waals surface area contributed by atoms with Crippen LogP contribution in [0.2, 0.25) is 0 Å². The SMILES string of the molecule is CCOC(=O)/C=C1/SCC(=O)N1Cc1csc(-c2ccc(C(F)(F)F)cc2)n1. The van der Waals surface area contributed by atoms with Gasteiger partial charge < -0.3 is 4.74 Å². The van der Waals surface area contributed by atoms with Gasteiger partial charge in [0.05, 0.1) is 41.3 Å². The number of rotatable bonds is 5. The number of aromatic nitrogens is 1. The van der Waals surface area contributed by atoms with Crippen LogP contribution in [-0.2, 0) is 27.0 Å². The van der Waals surface area contributed by atoms with E-state index in [4.69, 9.17) is 4.74 Å². The molecule has 0 bridgehead atoms. The lowest BCUT2D eigenvalue weighted by atomic mass is 10.1. The summed E-state index contributed by atoms with van der Waals surface area (Å²) in [5, 5.41) is 2.79. The van der Waals surface area contributed by atoms with E-state index in [0.717, 1.165) is 12.1 Å². The molecule has 0 unspecified atom stereocenters. The van der Waals surface area contributed by atoms with Crippen molar-refractivity contribution in [1.82, 2.24) is 9.88 Å². The number of nitrogens with zero attached hydrogens (tertiary/aromatic N) is 2. The molecule has 28 heavy (non-hydrogen) atoms. The average molecular weight is 428 g/mol. The van der Waals surface area contributed by atoms with E-state index in [0.29, 0.717) is 21.3 Å². The molecule has 1 aliphatic heterocycles. The number of amides is 1. The molecule has 0 saturated carbocycles. The highest BCUT2D eigenvalue weighted by Crippen LogP contribution is 2.33. The van der Waals surface area contributed by atoms with Gasteiger partial charge in [0.1, 0.15) is 5.01 Å². The topological polar surface area (TPSA) is 59.5 Å². The van der Waals surface area contributed by atoms with E-state index in [2.05, 4.69) is 4.98 Å². The van der Waals surface area contributed by atoms with Crippen LogP contribution < -0.4 is 0 Å². The van der Waals surface area contributed by atoms with Crippen molar-refractivity contribution in [3.8, 4) is 10.6 Å². The van der Waals surface area contributed by atoms with E-state index in [1.807, 2.05) is 0 Å². The van der Waals surface area contributed by atoms with E-state index in [9.17, 15) is 22.8 Å². The third-order valence-corrected chi connectivity index (χ3v) is 5.74. The van der Waals surface area contributed by atoms with Crippen LogP contribution >= 0.6 is 23.1 Å². The second kappa shape index (κ2) is 8.36. The number of thiazole rings is 1. The molecule has 0 N–H and O–H groups in total. The molecule has 3 rings (SSSR count). The van der Waals surface area contributed by atoms with Crippen molar-refractivity contribution in [3.05, 3.63) is 52.0 Å². The lowest BCUT2D eigenvalue weighted by Crippen LogP contribution is -2.24.